The summed E-state index contributed by atoms with van der Waals surface area (Å²) >= 11 is 1.77. The summed E-state index contributed by atoms with van der Waals surface area (Å²) in [6.07, 6.45) is 6.29. The Morgan fingerprint density at radius 3 is 2.95 bits per heavy atom. The number of anilines is 1. The molecule has 5 nitrogen and oxygen atoms in total. The smallest absolute Gasteiger partial charge is 0.239 e. The Hall–Kier alpha value is -1.69. The van der Waals surface area contributed by atoms with Crippen molar-refractivity contribution in [2.75, 3.05) is 11.9 Å². The molecule has 1 amide bonds. The number of nitrogens with one attached hydrogen (secondary N) is 2. The van der Waals surface area contributed by atoms with Crippen molar-refractivity contribution in [1.82, 2.24) is 15.3 Å². The number of thiophene rings is 1. The molecular weight excluding hydrogens is 284 g/mol. The Kier molecular flexibility index (Phi) is 4.05. The molecule has 0 saturated carbocycles. The van der Waals surface area contributed by atoms with Gasteiger partial charge in [-0.1, -0.05) is 0 Å². The van der Waals surface area contributed by atoms with Gasteiger partial charge in [-0.3, -0.25) is 4.79 Å². The number of amides is 1. The van der Waals surface area contributed by atoms with Gasteiger partial charge in [0, 0.05) is 10.9 Å². The Bertz CT molecular complexity index is 665. The van der Waals surface area contributed by atoms with E-state index in [-0.39, 0.29) is 18.5 Å². The second-order valence-electron chi connectivity index (χ2n) is 5.69. The molecule has 0 spiro atoms. The molecule has 0 aromatic carbocycles. The van der Waals surface area contributed by atoms with Crippen LogP contribution in [-0.2, 0) is 17.6 Å². The summed E-state index contributed by atoms with van der Waals surface area (Å²) in [6, 6.07) is 0.152. The van der Waals surface area contributed by atoms with E-state index in [9.17, 15) is 4.79 Å². The molecule has 2 heterocycles. The van der Waals surface area contributed by atoms with Crippen LogP contribution in [0.15, 0.2) is 6.33 Å². The Morgan fingerprint density at radius 1 is 1.33 bits per heavy atom. The Balaban J connectivity index is 1.85. The van der Waals surface area contributed by atoms with Crippen LogP contribution >= 0.6 is 11.3 Å². The average molecular weight is 304 g/mol. The van der Waals surface area contributed by atoms with Gasteiger partial charge in [0.05, 0.1) is 11.9 Å². The third kappa shape index (κ3) is 3.00. The van der Waals surface area contributed by atoms with Crippen LogP contribution in [0.3, 0.4) is 0 Å². The number of aromatic nitrogens is 2. The lowest BCUT2D eigenvalue weighted by Gasteiger charge is -2.13. The van der Waals surface area contributed by atoms with Crippen LogP contribution in [0.2, 0.25) is 0 Å². The third-order valence-corrected chi connectivity index (χ3v) is 4.82. The molecule has 0 aliphatic heterocycles. The highest BCUT2D eigenvalue weighted by Gasteiger charge is 2.19. The van der Waals surface area contributed by atoms with Gasteiger partial charge in [-0.2, -0.15) is 0 Å². The predicted octanol–water partition coefficient (Wildman–Crippen LogP) is 2.51. The molecule has 2 aromatic rings. The SMILES string of the molecule is CC(C)NC(=O)CNc1ncnc2sc3c(c12)CCCC3. The molecule has 2 aromatic heterocycles. The molecule has 0 bridgehead atoms. The molecule has 21 heavy (non-hydrogen) atoms. The second-order valence-corrected chi connectivity index (χ2v) is 6.77. The van der Waals surface area contributed by atoms with Crippen LogP contribution in [0.1, 0.15) is 37.1 Å². The lowest BCUT2D eigenvalue weighted by molar-refractivity contribution is -0.119. The van der Waals surface area contributed by atoms with Crippen LogP contribution in [0.5, 0.6) is 0 Å². The van der Waals surface area contributed by atoms with Gasteiger partial charge in [0.2, 0.25) is 5.91 Å². The molecule has 0 saturated heterocycles. The number of rotatable bonds is 4. The van der Waals surface area contributed by atoms with Gasteiger partial charge in [0.15, 0.2) is 0 Å². The molecule has 3 rings (SSSR count). The van der Waals surface area contributed by atoms with E-state index in [0.29, 0.717) is 0 Å². The zero-order valence-electron chi connectivity index (χ0n) is 12.4. The minimum atomic E-state index is -0.0131. The average Bonchev–Trinajstić information content (AvgIpc) is 2.83. The summed E-state index contributed by atoms with van der Waals surface area (Å²) in [5.41, 5.74) is 1.38. The van der Waals surface area contributed by atoms with Crippen LogP contribution in [0.4, 0.5) is 5.82 Å². The number of nitrogens with zero attached hydrogens (tertiary/aromatic N) is 2. The van der Waals surface area contributed by atoms with Crippen molar-refractivity contribution < 1.29 is 4.79 Å². The monoisotopic (exact) mass is 304 g/mol. The number of fused-ring (bicyclic) bond motifs is 3. The van der Waals surface area contributed by atoms with Crippen LogP contribution in [-0.4, -0.2) is 28.5 Å². The van der Waals surface area contributed by atoms with Crippen LogP contribution in [0.25, 0.3) is 10.2 Å². The maximum absolute atomic E-state index is 11.8. The molecule has 0 unspecified atom stereocenters. The lowest BCUT2D eigenvalue weighted by Crippen LogP contribution is -2.35. The van der Waals surface area contributed by atoms with E-state index in [1.165, 1.54) is 23.3 Å². The van der Waals surface area contributed by atoms with Crippen LogP contribution in [0, 0.1) is 0 Å². The first-order valence-corrected chi connectivity index (χ1v) is 8.25. The zero-order chi connectivity index (χ0) is 14.8. The number of hydrogen-bond acceptors (Lipinski definition) is 5. The van der Waals surface area contributed by atoms with E-state index in [0.717, 1.165) is 28.9 Å². The second kappa shape index (κ2) is 5.97. The lowest BCUT2D eigenvalue weighted by atomic mass is 9.97. The minimum Gasteiger partial charge on any atom is -0.360 e. The first-order valence-electron chi connectivity index (χ1n) is 7.43. The fourth-order valence-corrected chi connectivity index (χ4v) is 3.99. The first kappa shape index (κ1) is 14.3. The van der Waals surface area contributed by atoms with E-state index < -0.39 is 0 Å². The standard InChI is InChI=1S/C15H20N4OS/c1-9(2)19-12(20)7-16-14-13-10-5-3-4-6-11(10)21-15(13)18-8-17-14/h8-9H,3-7H2,1-2H3,(H,19,20)(H,16,17,18). The maximum Gasteiger partial charge on any atom is 0.239 e. The fraction of sp³-hybridized carbons (Fsp3) is 0.533. The molecular formula is C15H20N4OS. The summed E-state index contributed by atoms with van der Waals surface area (Å²) in [5.74, 6) is 0.777. The van der Waals surface area contributed by atoms with Crippen molar-refractivity contribution in [2.45, 2.75) is 45.6 Å². The highest BCUT2D eigenvalue weighted by Crippen LogP contribution is 2.37. The van der Waals surface area contributed by atoms with Gasteiger partial charge < -0.3 is 10.6 Å². The summed E-state index contributed by atoms with van der Waals surface area (Å²) in [6.45, 7) is 4.15. The van der Waals surface area contributed by atoms with Gasteiger partial charge >= 0.3 is 0 Å². The minimum absolute atomic E-state index is 0.0131. The maximum atomic E-state index is 11.8. The normalized spacial score (nSPS) is 14.2. The first-order chi connectivity index (χ1) is 10.1. The highest BCUT2D eigenvalue weighted by atomic mass is 32.1. The predicted molar refractivity (Wildman–Crippen MR) is 85.8 cm³/mol. The quantitative estimate of drug-likeness (QED) is 0.911. The largest absolute Gasteiger partial charge is 0.360 e. The summed E-state index contributed by atoms with van der Waals surface area (Å²) in [7, 11) is 0. The van der Waals surface area contributed by atoms with Gasteiger partial charge in [-0.05, 0) is 45.1 Å². The number of carbonyl (C=O) groups is 1. The fourth-order valence-electron chi connectivity index (χ4n) is 2.76. The van der Waals surface area contributed by atoms with Crippen molar-refractivity contribution in [3.05, 3.63) is 16.8 Å². The van der Waals surface area contributed by atoms with Crippen molar-refractivity contribution in [3.63, 3.8) is 0 Å². The van der Waals surface area contributed by atoms with Gasteiger partial charge in [0.1, 0.15) is 17.0 Å². The summed E-state index contributed by atoms with van der Waals surface area (Å²) in [5, 5.41) is 7.17. The zero-order valence-corrected chi connectivity index (χ0v) is 13.2. The molecule has 0 radical (unpaired) electrons. The third-order valence-electron chi connectivity index (χ3n) is 3.62. The van der Waals surface area contributed by atoms with Crippen molar-refractivity contribution in [1.29, 1.82) is 0 Å². The van der Waals surface area contributed by atoms with Gasteiger partial charge in [0.25, 0.3) is 0 Å². The molecule has 6 heteroatoms. The van der Waals surface area contributed by atoms with E-state index >= 15 is 0 Å². The van der Waals surface area contributed by atoms with Gasteiger partial charge in [-0.25, -0.2) is 9.97 Å². The molecule has 1 aliphatic rings. The van der Waals surface area contributed by atoms with Crippen LogP contribution < -0.4 is 10.6 Å². The molecule has 112 valence electrons. The molecule has 0 fully saturated rings. The van der Waals surface area contributed by atoms with Crippen molar-refractivity contribution >= 4 is 33.3 Å². The van der Waals surface area contributed by atoms with Crippen molar-refractivity contribution in [3.8, 4) is 0 Å². The number of hydrogen-bond donors (Lipinski definition) is 2. The number of carbonyl (C=O) groups excluding carboxylic acids is 1. The summed E-state index contributed by atoms with van der Waals surface area (Å²) < 4.78 is 0. The van der Waals surface area contributed by atoms with Gasteiger partial charge in [-0.15, -0.1) is 11.3 Å². The Morgan fingerprint density at radius 2 is 2.14 bits per heavy atom. The topological polar surface area (TPSA) is 66.9 Å². The highest BCUT2D eigenvalue weighted by molar-refractivity contribution is 7.19. The van der Waals surface area contributed by atoms with E-state index in [1.807, 2.05) is 13.8 Å². The molecule has 1 aliphatic carbocycles. The van der Waals surface area contributed by atoms with E-state index in [2.05, 4.69) is 20.6 Å². The summed E-state index contributed by atoms with van der Waals surface area (Å²) in [4.78, 5) is 23.0. The molecule has 2 N–H and O–H groups in total. The van der Waals surface area contributed by atoms with Crippen molar-refractivity contribution in [2.24, 2.45) is 0 Å². The van der Waals surface area contributed by atoms with E-state index in [4.69, 9.17) is 0 Å². The molecule has 0 atom stereocenters. The number of aryl methyl sites for hydroxylation is 2. The Labute approximate surface area is 128 Å². The van der Waals surface area contributed by atoms with E-state index in [1.54, 1.807) is 17.7 Å².